The molecule has 0 radical (unpaired) electrons. The maximum atomic E-state index is 11.9. The Labute approximate surface area is 140 Å². The van der Waals surface area contributed by atoms with Gasteiger partial charge in [0.1, 0.15) is 5.75 Å². The number of aromatic hydroxyl groups is 2. The van der Waals surface area contributed by atoms with E-state index in [1.54, 1.807) is 24.3 Å². The lowest BCUT2D eigenvalue weighted by molar-refractivity contribution is 0.0954. The van der Waals surface area contributed by atoms with Crippen LogP contribution < -0.4 is 10.2 Å². The number of phenolic OH excluding ortho intramolecular Hbond substituents is 2. The first kappa shape index (κ1) is 16.1. The lowest BCUT2D eigenvalue weighted by atomic mass is 10.2. The summed E-state index contributed by atoms with van der Waals surface area (Å²) >= 11 is 1.97. The van der Waals surface area contributed by atoms with E-state index in [0.29, 0.717) is 20.4 Å². The van der Waals surface area contributed by atoms with Crippen LogP contribution in [0.4, 0.5) is 0 Å². The summed E-state index contributed by atoms with van der Waals surface area (Å²) in [7, 11) is 1.45. The second-order valence-corrected chi connectivity index (χ2v) is 5.46. The number of ether oxygens (including phenoxy) is 1. The van der Waals surface area contributed by atoms with Crippen molar-refractivity contribution in [1.82, 2.24) is 5.43 Å². The maximum absolute atomic E-state index is 11.9. The average molecular weight is 412 g/mol. The fraction of sp³-hybridized carbons (Fsp3) is 0.0667. The monoisotopic (exact) mass is 412 g/mol. The van der Waals surface area contributed by atoms with Crippen molar-refractivity contribution in [2.45, 2.75) is 0 Å². The van der Waals surface area contributed by atoms with E-state index >= 15 is 0 Å². The summed E-state index contributed by atoms with van der Waals surface area (Å²) in [6.45, 7) is 0. The second-order valence-electron chi connectivity index (χ2n) is 4.30. The number of amides is 1. The van der Waals surface area contributed by atoms with Gasteiger partial charge < -0.3 is 14.9 Å². The molecule has 114 valence electrons. The van der Waals surface area contributed by atoms with Gasteiger partial charge in [0, 0.05) is 5.56 Å². The van der Waals surface area contributed by atoms with E-state index in [4.69, 9.17) is 4.74 Å². The van der Waals surface area contributed by atoms with Crippen molar-refractivity contribution in [2.75, 3.05) is 7.11 Å². The largest absolute Gasteiger partial charge is 0.507 e. The van der Waals surface area contributed by atoms with Crippen molar-refractivity contribution in [1.29, 1.82) is 0 Å². The lowest BCUT2D eigenvalue weighted by Gasteiger charge is -2.04. The number of hydrazone groups is 1. The Kier molecular flexibility index (Phi) is 5.21. The third kappa shape index (κ3) is 3.88. The third-order valence-corrected chi connectivity index (χ3v) is 3.70. The van der Waals surface area contributed by atoms with E-state index in [2.05, 4.69) is 10.5 Å². The van der Waals surface area contributed by atoms with Crippen LogP contribution in [0, 0.1) is 3.57 Å². The van der Waals surface area contributed by atoms with E-state index in [1.807, 2.05) is 22.6 Å². The van der Waals surface area contributed by atoms with Crippen molar-refractivity contribution in [2.24, 2.45) is 5.10 Å². The van der Waals surface area contributed by atoms with Crippen LogP contribution in [-0.4, -0.2) is 29.4 Å². The van der Waals surface area contributed by atoms with Gasteiger partial charge in [-0.2, -0.15) is 5.10 Å². The highest BCUT2D eigenvalue weighted by Crippen LogP contribution is 2.25. The molecule has 1 amide bonds. The normalized spacial score (nSPS) is 10.6. The zero-order valence-electron chi connectivity index (χ0n) is 11.6. The van der Waals surface area contributed by atoms with Crippen molar-refractivity contribution in [3.63, 3.8) is 0 Å². The Balaban J connectivity index is 2.05. The number of benzene rings is 2. The van der Waals surface area contributed by atoms with Crippen LogP contribution >= 0.6 is 22.6 Å². The first-order valence-corrected chi connectivity index (χ1v) is 7.28. The van der Waals surface area contributed by atoms with Gasteiger partial charge in [-0.3, -0.25) is 4.79 Å². The Morgan fingerprint density at radius 2 is 2.00 bits per heavy atom. The lowest BCUT2D eigenvalue weighted by Crippen LogP contribution is -2.17. The van der Waals surface area contributed by atoms with Crippen LogP contribution in [0.15, 0.2) is 41.5 Å². The first-order chi connectivity index (χ1) is 10.5. The molecule has 0 aliphatic heterocycles. The number of nitrogens with zero attached hydrogens (tertiary/aromatic N) is 1. The number of hydrogen-bond donors (Lipinski definition) is 3. The van der Waals surface area contributed by atoms with Gasteiger partial charge in [0.15, 0.2) is 11.5 Å². The molecule has 22 heavy (non-hydrogen) atoms. The molecule has 7 heteroatoms. The number of carbonyl (C=O) groups excluding carboxylic acids is 1. The third-order valence-electron chi connectivity index (χ3n) is 2.79. The minimum atomic E-state index is -0.436. The van der Waals surface area contributed by atoms with E-state index in [0.717, 1.165) is 0 Å². The summed E-state index contributed by atoms with van der Waals surface area (Å²) in [5.74, 6) is -0.0509. The standard InChI is InChI=1S/C15H13IN2O4/c1-22-14-6-9(2-5-12(14)19)8-17-18-15(21)10-3-4-11(16)13(20)7-10/h2-8,19-20H,1H3,(H,18,21)/b17-8+. The van der Waals surface area contributed by atoms with Gasteiger partial charge in [0.05, 0.1) is 16.9 Å². The predicted molar refractivity (Wildman–Crippen MR) is 90.5 cm³/mol. The molecule has 0 aliphatic carbocycles. The smallest absolute Gasteiger partial charge is 0.271 e. The van der Waals surface area contributed by atoms with Crippen molar-refractivity contribution < 1.29 is 19.7 Å². The summed E-state index contributed by atoms with van der Waals surface area (Å²) in [6.07, 6.45) is 1.42. The van der Waals surface area contributed by atoms with Gasteiger partial charge in [0.25, 0.3) is 5.91 Å². The van der Waals surface area contributed by atoms with E-state index in [1.165, 1.54) is 25.5 Å². The zero-order chi connectivity index (χ0) is 16.1. The molecule has 0 saturated heterocycles. The minimum Gasteiger partial charge on any atom is -0.507 e. The molecule has 2 aromatic carbocycles. The first-order valence-electron chi connectivity index (χ1n) is 6.20. The van der Waals surface area contributed by atoms with Gasteiger partial charge in [-0.15, -0.1) is 0 Å². The summed E-state index contributed by atoms with van der Waals surface area (Å²) in [5, 5.41) is 22.9. The summed E-state index contributed by atoms with van der Waals surface area (Å²) < 4.78 is 5.64. The fourth-order valence-electron chi connectivity index (χ4n) is 1.66. The maximum Gasteiger partial charge on any atom is 0.271 e. The van der Waals surface area contributed by atoms with E-state index in [-0.39, 0.29) is 11.5 Å². The fourth-order valence-corrected chi connectivity index (χ4v) is 1.99. The van der Waals surface area contributed by atoms with Crippen molar-refractivity contribution in [3.05, 3.63) is 51.1 Å². The topological polar surface area (TPSA) is 91.2 Å². The van der Waals surface area contributed by atoms with Crippen LogP contribution in [0.3, 0.4) is 0 Å². The summed E-state index contributed by atoms with van der Waals surface area (Å²) in [5.41, 5.74) is 3.32. The Hall–Kier alpha value is -2.29. The molecule has 0 aliphatic rings. The van der Waals surface area contributed by atoms with Gasteiger partial charge in [0.2, 0.25) is 0 Å². The molecule has 0 fully saturated rings. The van der Waals surface area contributed by atoms with Crippen molar-refractivity contribution >= 4 is 34.7 Å². The molecule has 0 aromatic heterocycles. The molecular weight excluding hydrogens is 399 g/mol. The van der Waals surface area contributed by atoms with Crippen LogP contribution in [0.2, 0.25) is 0 Å². The zero-order valence-corrected chi connectivity index (χ0v) is 13.7. The Bertz CT molecular complexity index is 731. The molecule has 6 nitrogen and oxygen atoms in total. The van der Waals surface area contributed by atoms with Gasteiger partial charge in [-0.05, 0) is 64.6 Å². The molecular formula is C15H13IN2O4. The minimum absolute atomic E-state index is 0.0260. The van der Waals surface area contributed by atoms with Crippen molar-refractivity contribution in [3.8, 4) is 17.2 Å². The van der Waals surface area contributed by atoms with E-state index < -0.39 is 5.91 Å². The molecule has 0 saturated carbocycles. The molecule has 0 bridgehead atoms. The van der Waals surface area contributed by atoms with E-state index in [9.17, 15) is 15.0 Å². The highest BCUT2D eigenvalue weighted by Gasteiger charge is 2.07. The Morgan fingerprint density at radius 1 is 1.23 bits per heavy atom. The molecule has 0 heterocycles. The van der Waals surface area contributed by atoms with Crippen LogP contribution in [0.5, 0.6) is 17.2 Å². The highest BCUT2D eigenvalue weighted by atomic mass is 127. The number of phenols is 2. The molecule has 2 aromatic rings. The number of rotatable bonds is 4. The van der Waals surface area contributed by atoms with Gasteiger partial charge >= 0.3 is 0 Å². The highest BCUT2D eigenvalue weighted by molar-refractivity contribution is 14.1. The number of hydrogen-bond acceptors (Lipinski definition) is 5. The molecule has 0 unspecified atom stereocenters. The number of nitrogens with one attached hydrogen (secondary N) is 1. The average Bonchev–Trinajstić information content (AvgIpc) is 2.51. The van der Waals surface area contributed by atoms with Crippen LogP contribution in [-0.2, 0) is 0 Å². The number of halogens is 1. The number of methoxy groups -OCH3 is 1. The van der Waals surface area contributed by atoms with Crippen LogP contribution in [0.1, 0.15) is 15.9 Å². The van der Waals surface area contributed by atoms with Crippen LogP contribution in [0.25, 0.3) is 0 Å². The Morgan fingerprint density at radius 3 is 2.68 bits per heavy atom. The van der Waals surface area contributed by atoms with Gasteiger partial charge in [-0.25, -0.2) is 5.43 Å². The molecule has 3 N–H and O–H groups in total. The molecule has 0 atom stereocenters. The SMILES string of the molecule is COc1cc(/C=N/NC(=O)c2ccc(I)c(O)c2)ccc1O. The molecule has 2 rings (SSSR count). The number of carbonyl (C=O) groups is 1. The summed E-state index contributed by atoms with van der Waals surface area (Å²) in [4.78, 5) is 11.9. The second kappa shape index (κ2) is 7.12. The predicted octanol–water partition coefficient (Wildman–Crippen LogP) is 2.47. The summed E-state index contributed by atoms with van der Waals surface area (Å²) in [6, 6.07) is 9.29. The molecule has 0 spiro atoms. The van der Waals surface area contributed by atoms with Gasteiger partial charge in [-0.1, -0.05) is 0 Å². The quantitative estimate of drug-likeness (QED) is 0.409.